The summed E-state index contributed by atoms with van der Waals surface area (Å²) in [5.41, 5.74) is 4.35. The van der Waals surface area contributed by atoms with E-state index in [1.54, 1.807) is 12.3 Å². The molecule has 0 bridgehead atoms. The second-order valence-corrected chi connectivity index (χ2v) is 8.73. The summed E-state index contributed by atoms with van der Waals surface area (Å²) in [6.07, 6.45) is 2.22. The predicted molar refractivity (Wildman–Crippen MR) is 132 cm³/mol. The van der Waals surface area contributed by atoms with E-state index in [0.717, 1.165) is 27.6 Å². The molecule has 4 aromatic rings. The molecular weight excluding hydrogens is 443 g/mol. The van der Waals surface area contributed by atoms with Crippen LogP contribution in [0.25, 0.3) is 22.0 Å². The summed E-state index contributed by atoms with van der Waals surface area (Å²) in [5, 5.41) is 0.729. The van der Waals surface area contributed by atoms with Gasteiger partial charge < -0.3 is 4.74 Å². The third-order valence-corrected chi connectivity index (χ3v) is 6.55. The number of benzene rings is 3. The van der Waals surface area contributed by atoms with E-state index >= 15 is 0 Å². The minimum atomic E-state index is -0.587. The third-order valence-electron chi connectivity index (χ3n) is 6.55. The molecule has 0 aliphatic carbocycles. The Morgan fingerprint density at radius 3 is 2.60 bits per heavy atom. The summed E-state index contributed by atoms with van der Waals surface area (Å²) < 4.78 is 19.1. The lowest BCUT2D eigenvalue weighted by Crippen LogP contribution is -2.42. The molecule has 2 atom stereocenters. The number of hydrogen-bond donors (Lipinski definition) is 0. The molecule has 2 heterocycles. The van der Waals surface area contributed by atoms with Gasteiger partial charge in [-0.1, -0.05) is 61.5 Å². The van der Waals surface area contributed by atoms with Gasteiger partial charge in [-0.15, -0.1) is 0 Å². The fourth-order valence-electron chi connectivity index (χ4n) is 4.75. The van der Waals surface area contributed by atoms with Crippen molar-refractivity contribution in [1.82, 2.24) is 9.88 Å². The SMILES string of the molecule is CC[C@@H](C(=O)N1C(=O)OC[C@H]1Cc1ccccc1)c1ccc(-c2ccnc3ccc(F)cc23)cc1. The van der Waals surface area contributed by atoms with Gasteiger partial charge in [0, 0.05) is 11.6 Å². The van der Waals surface area contributed by atoms with Crippen LogP contribution in [0.2, 0.25) is 0 Å². The number of carbonyl (C=O) groups is 2. The number of hydrogen-bond acceptors (Lipinski definition) is 4. The first-order valence-corrected chi connectivity index (χ1v) is 11.7. The fraction of sp³-hybridized carbons (Fsp3) is 0.207. The number of cyclic esters (lactones) is 1. The standard InChI is InChI=1S/C29H25FN2O3/c1-2-24(28(33)32-23(18-35-29(32)34)16-19-6-4-3-5-7-19)20-8-10-21(11-9-20)25-14-15-31-27-13-12-22(30)17-26(25)27/h3-15,17,23-24H,2,16,18H2,1H3/t23-,24-/m1/s1. The third kappa shape index (κ3) is 4.52. The van der Waals surface area contributed by atoms with E-state index in [1.165, 1.54) is 17.0 Å². The van der Waals surface area contributed by atoms with E-state index in [-0.39, 0.29) is 24.4 Å². The maximum Gasteiger partial charge on any atom is 0.417 e. The molecule has 1 aromatic heterocycles. The van der Waals surface area contributed by atoms with Crippen LogP contribution in [0, 0.1) is 5.82 Å². The molecule has 5 nitrogen and oxygen atoms in total. The second kappa shape index (κ2) is 9.66. The van der Waals surface area contributed by atoms with Gasteiger partial charge in [-0.2, -0.15) is 0 Å². The number of carbonyl (C=O) groups excluding carboxylic acids is 2. The molecule has 1 aliphatic rings. The van der Waals surface area contributed by atoms with E-state index < -0.39 is 12.0 Å². The first-order chi connectivity index (χ1) is 17.0. The lowest BCUT2D eigenvalue weighted by Gasteiger charge is -2.25. The molecule has 35 heavy (non-hydrogen) atoms. The van der Waals surface area contributed by atoms with Crippen molar-refractivity contribution < 1.29 is 18.7 Å². The maximum absolute atomic E-state index is 13.9. The van der Waals surface area contributed by atoms with Gasteiger partial charge in [0.05, 0.1) is 17.5 Å². The first kappa shape index (κ1) is 22.7. The largest absolute Gasteiger partial charge is 0.447 e. The summed E-state index contributed by atoms with van der Waals surface area (Å²) in [6.45, 7) is 2.13. The van der Waals surface area contributed by atoms with Crippen molar-refractivity contribution in [2.75, 3.05) is 6.61 Å². The van der Waals surface area contributed by atoms with Gasteiger partial charge >= 0.3 is 6.09 Å². The van der Waals surface area contributed by atoms with Crippen LogP contribution in [0.15, 0.2) is 85.1 Å². The summed E-state index contributed by atoms with van der Waals surface area (Å²) in [6, 6.07) is 23.5. The van der Waals surface area contributed by atoms with E-state index in [9.17, 15) is 14.0 Å². The molecule has 0 saturated carbocycles. The van der Waals surface area contributed by atoms with E-state index in [4.69, 9.17) is 4.74 Å². The number of rotatable bonds is 6. The highest BCUT2D eigenvalue weighted by atomic mass is 19.1. The number of pyridine rings is 1. The Bertz CT molecular complexity index is 1370. The molecule has 1 saturated heterocycles. The smallest absolute Gasteiger partial charge is 0.417 e. The predicted octanol–water partition coefficient (Wildman–Crippen LogP) is 6.12. The Kier molecular flexibility index (Phi) is 6.27. The van der Waals surface area contributed by atoms with Crippen LogP contribution in [0.3, 0.4) is 0 Å². The minimum absolute atomic E-state index is 0.195. The Balaban J connectivity index is 1.41. The molecule has 1 aliphatic heterocycles. The van der Waals surface area contributed by atoms with Crippen LogP contribution in [-0.4, -0.2) is 34.5 Å². The van der Waals surface area contributed by atoms with Crippen LogP contribution in [0.4, 0.5) is 9.18 Å². The summed E-state index contributed by atoms with van der Waals surface area (Å²) in [5.74, 6) is -1.04. The molecular formula is C29H25FN2O3. The molecule has 6 heteroatoms. The van der Waals surface area contributed by atoms with Gasteiger partial charge in [-0.05, 0) is 59.4 Å². The molecule has 0 unspecified atom stereocenters. The highest BCUT2D eigenvalue weighted by Gasteiger charge is 2.40. The molecule has 0 N–H and O–H groups in total. The summed E-state index contributed by atoms with van der Waals surface area (Å²) >= 11 is 0. The minimum Gasteiger partial charge on any atom is -0.447 e. The van der Waals surface area contributed by atoms with Crippen molar-refractivity contribution in [3.05, 3.63) is 102 Å². The number of fused-ring (bicyclic) bond motifs is 1. The normalized spacial score (nSPS) is 16.3. The molecule has 3 aromatic carbocycles. The highest BCUT2D eigenvalue weighted by Crippen LogP contribution is 2.31. The Morgan fingerprint density at radius 2 is 1.86 bits per heavy atom. The van der Waals surface area contributed by atoms with Crippen LogP contribution in [0.5, 0.6) is 0 Å². The molecule has 1 fully saturated rings. The van der Waals surface area contributed by atoms with E-state index in [2.05, 4.69) is 4.98 Å². The van der Waals surface area contributed by atoms with Crippen LogP contribution in [-0.2, 0) is 16.0 Å². The average molecular weight is 469 g/mol. The molecule has 0 radical (unpaired) electrons. The number of ether oxygens (including phenoxy) is 1. The second-order valence-electron chi connectivity index (χ2n) is 8.73. The van der Waals surface area contributed by atoms with Gasteiger partial charge in [-0.25, -0.2) is 14.1 Å². The van der Waals surface area contributed by atoms with Crippen LogP contribution >= 0.6 is 0 Å². The Hall–Kier alpha value is -4.06. The molecule has 0 spiro atoms. The lowest BCUT2D eigenvalue weighted by atomic mass is 9.92. The zero-order chi connectivity index (χ0) is 24.4. The molecule has 2 amide bonds. The van der Waals surface area contributed by atoms with Gasteiger partial charge in [0.25, 0.3) is 0 Å². The van der Waals surface area contributed by atoms with Gasteiger partial charge in [0.15, 0.2) is 0 Å². The lowest BCUT2D eigenvalue weighted by molar-refractivity contribution is -0.130. The average Bonchev–Trinajstić information content (AvgIpc) is 3.24. The number of nitrogens with zero attached hydrogens (tertiary/aromatic N) is 2. The van der Waals surface area contributed by atoms with Crippen molar-refractivity contribution >= 4 is 22.9 Å². The molecule has 5 rings (SSSR count). The van der Waals surface area contributed by atoms with E-state index in [1.807, 2.05) is 67.6 Å². The fourth-order valence-corrected chi connectivity index (χ4v) is 4.75. The number of imide groups is 1. The van der Waals surface area contributed by atoms with Crippen molar-refractivity contribution in [1.29, 1.82) is 0 Å². The Morgan fingerprint density at radius 1 is 1.09 bits per heavy atom. The van der Waals surface area contributed by atoms with Crippen LogP contribution in [0.1, 0.15) is 30.4 Å². The topological polar surface area (TPSA) is 59.5 Å². The van der Waals surface area contributed by atoms with E-state index in [0.29, 0.717) is 18.4 Å². The van der Waals surface area contributed by atoms with Gasteiger partial charge in [0.1, 0.15) is 12.4 Å². The molecule has 176 valence electrons. The summed E-state index contributed by atoms with van der Waals surface area (Å²) in [7, 11) is 0. The van der Waals surface area contributed by atoms with Crippen molar-refractivity contribution in [2.24, 2.45) is 0 Å². The van der Waals surface area contributed by atoms with Crippen LogP contribution < -0.4 is 0 Å². The van der Waals surface area contributed by atoms with Crippen molar-refractivity contribution in [3.8, 4) is 11.1 Å². The monoisotopic (exact) mass is 468 g/mol. The maximum atomic E-state index is 13.9. The first-order valence-electron chi connectivity index (χ1n) is 11.7. The van der Waals surface area contributed by atoms with Crippen molar-refractivity contribution in [2.45, 2.75) is 31.7 Å². The quantitative estimate of drug-likeness (QED) is 0.342. The number of amides is 2. The van der Waals surface area contributed by atoms with Gasteiger partial charge in [-0.3, -0.25) is 9.78 Å². The number of aromatic nitrogens is 1. The van der Waals surface area contributed by atoms with Crippen molar-refractivity contribution in [3.63, 3.8) is 0 Å². The zero-order valence-corrected chi connectivity index (χ0v) is 19.4. The highest BCUT2D eigenvalue weighted by molar-refractivity contribution is 5.97. The Labute approximate surface area is 203 Å². The summed E-state index contributed by atoms with van der Waals surface area (Å²) in [4.78, 5) is 31.6. The zero-order valence-electron chi connectivity index (χ0n) is 19.4. The number of halogens is 1. The van der Waals surface area contributed by atoms with Gasteiger partial charge in [0.2, 0.25) is 5.91 Å².